The highest BCUT2D eigenvalue weighted by Crippen LogP contribution is 2.32. The molecule has 0 atom stereocenters. The average molecular weight is 302 g/mol. The van der Waals surface area contributed by atoms with Crippen LogP contribution in [-0.4, -0.2) is 22.0 Å². The van der Waals surface area contributed by atoms with E-state index in [1.165, 1.54) is 17.4 Å². The van der Waals surface area contributed by atoms with Crippen LogP contribution < -0.4 is 5.32 Å². The van der Waals surface area contributed by atoms with Crippen LogP contribution in [0.5, 0.6) is 0 Å². The van der Waals surface area contributed by atoms with Gasteiger partial charge in [0, 0.05) is 23.3 Å². The molecule has 108 valence electrons. The lowest BCUT2D eigenvalue weighted by molar-refractivity contribution is -0.111. The number of thiophene rings is 1. The smallest absolute Gasteiger partial charge is 0.338 e. The number of anilines is 1. The van der Waals surface area contributed by atoms with Crippen molar-refractivity contribution in [2.24, 2.45) is 0 Å². The molecule has 2 N–H and O–H groups in total. The molecule has 2 aromatic heterocycles. The zero-order valence-electron chi connectivity index (χ0n) is 11.6. The molecular formula is C15H14N2O3S. The maximum absolute atomic E-state index is 11.9. The van der Waals surface area contributed by atoms with Gasteiger partial charge in [0.2, 0.25) is 5.91 Å². The maximum atomic E-state index is 11.9. The summed E-state index contributed by atoms with van der Waals surface area (Å²) >= 11 is 1.26. The summed E-state index contributed by atoms with van der Waals surface area (Å²) in [5, 5.41) is 12.2. The lowest BCUT2D eigenvalue weighted by Crippen LogP contribution is -2.10. The highest BCUT2D eigenvalue weighted by atomic mass is 32.1. The van der Waals surface area contributed by atoms with Gasteiger partial charge in [0.05, 0.1) is 5.56 Å². The van der Waals surface area contributed by atoms with Crippen LogP contribution >= 0.6 is 11.3 Å². The van der Waals surface area contributed by atoms with Gasteiger partial charge in [-0.3, -0.25) is 9.78 Å². The number of aryl methyl sites for hydroxylation is 1. The van der Waals surface area contributed by atoms with Crippen LogP contribution in [0.25, 0.3) is 6.08 Å². The molecule has 1 amide bonds. The molecule has 2 aromatic rings. The molecule has 0 saturated carbocycles. The molecule has 21 heavy (non-hydrogen) atoms. The molecule has 0 saturated heterocycles. The van der Waals surface area contributed by atoms with E-state index in [-0.39, 0.29) is 11.5 Å². The van der Waals surface area contributed by atoms with Gasteiger partial charge in [-0.15, -0.1) is 11.3 Å². The van der Waals surface area contributed by atoms with Crippen LogP contribution in [0.3, 0.4) is 0 Å². The number of pyridine rings is 1. The Kier molecular flexibility index (Phi) is 4.49. The third kappa shape index (κ3) is 3.55. The molecule has 0 radical (unpaired) electrons. The number of hydrogen-bond donors (Lipinski definition) is 2. The number of aromatic nitrogens is 1. The SMILES string of the molecule is Cc1sc(NC(=O)/C=C/c2cccnc2)c(C(=O)O)c1C. The van der Waals surface area contributed by atoms with E-state index in [2.05, 4.69) is 10.3 Å². The summed E-state index contributed by atoms with van der Waals surface area (Å²) in [6.45, 7) is 3.56. The first-order chi connectivity index (χ1) is 9.99. The van der Waals surface area contributed by atoms with Crippen molar-refractivity contribution >= 4 is 34.3 Å². The van der Waals surface area contributed by atoms with Gasteiger partial charge >= 0.3 is 5.97 Å². The molecule has 0 aliphatic rings. The third-order valence-corrected chi connectivity index (χ3v) is 4.07. The number of nitrogens with zero attached hydrogens (tertiary/aromatic N) is 1. The standard InChI is InChI=1S/C15H14N2O3S/c1-9-10(2)21-14(13(9)15(19)20)17-12(18)6-5-11-4-3-7-16-8-11/h3-8H,1-2H3,(H,17,18)(H,19,20)/b6-5+. The van der Waals surface area contributed by atoms with E-state index in [0.717, 1.165) is 10.4 Å². The number of amides is 1. The monoisotopic (exact) mass is 302 g/mol. The van der Waals surface area contributed by atoms with Gasteiger partial charge < -0.3 is 10.4 Å². The number of carboxylic acids is 1. The topological polar surface area (TPSA) is 79.3 Å². The summed E-state index contributed by atoms with van der Waals surface area (Å²) in [5.41, 5.74) is 1.63. The second kappa shape index (κ2) is 6.32. The van der Waals surface area contributed by atoms with E-state index in [1.54, 1.807) is 31.5 Å². The lowest BCUT2D eigenvalue weighted by Gasteiger charge is -2.01. The molecule has 0 spiro atoms. The van der Waals surface area contributed by atoms with Crippen molar-refractivity contribution in [1.82, 2.24) is 4.98 Å². The third-order valence-electron chi connectivity index (χ3n) is 2.95. The summed E-state index contributed by atoms with van der Waals surface area (Å²) in [6, 6.07) is 3.59. The summed E-state index contributed by atoms with van der Waals surface area (Å²) in [6.07, 6.45) is 6.25. The minimum absolute atomic E-state index is 0.153. The zero-order valence-corrected chi connectivity index (χ0v) is 12.4. The molecule has 0 unspecified atom stereocenters. The molecule has 0 aliphatic carbocycles. The van der Waals surface area contributed by atoms with Gasteiger partial charge in [-0.05, 0) is 37.1 Å². The number of nitrogens with one attached hydrogen (secondary N) is 1. The van der Waals surface area contributed by atoms with E-state index in [4.69, 9.17) is 0 Å². The summed E-state index contributed by atoms with van der Waals surface area (Å²) in [5.74, 6) is -1.41. The second-order valence-electron chi connectivity index (χ2n) is 4.40. The molecule has 2 heterocycles. The Balaban J connectivity index is 2.15. The Hall–Kier alpha value is -2.47. The Labute approximate surface area is 126 Å². The van der Waals surface area contributed by atoms with Gasteiger partial charge in [0.25, 0.3) is 0 Å². The van der Waals surface area contributed by atoms with E-state index >= 15 is 0 Å². The number of hydrogen-bond acceptors (Lipinski definition) is 4. The van der Waals surface area contributed by atoms with Crippen molar-refractivity contribution in [2.45, 2.75) is 13.8 Å². The fourth-order valence-corrected chi connectivity index (χ4v) is 2.83. The number of carboxylic acid groups (broad SMARTS) is 1. The predicted octanol–water partition coefficient (Wildman–Crippen LogP) is 3.11. The molecule has 0 aliphatic heterocycles. The molecule has 0 bridgehead atoms. The normalized spacial score (nSPS) is 10.8. The van der Waals surface area contributed by atoms with Crippen LogP contribution in [0, 0.1) is 13.8 Å². The molecule has 6 heteroatoms. The second-order valence-corrected chi connectivity index (χ2v) is 5.63. The van der Waals surface area contributed by atoms with Crippen molar-refractivity contribution in [3.05, 3.63) is 52.2 Å². The number of rotatable bonds is 4. The average Bonchev–Trinajstić information content (AvgIpc) is 2.72. The van der Waals surface area contributed by atoms with Crippen LogP contribution in [0.15, 0.2) is 30.6 Å². The van der Waals surface area contributed by atoms with Crippen LogP contribution in [0.1, 0.15) is 26.4 Å². The quantitative estimate of drug-likeness (QED) is 0.850. The van der Waals surface area contributed by atoms with Crippen molar-refractivity contribution in [1.29, 1.82) is 0 Å². The minimum atomic E-state index is -1.04. The molecule has 0 fully saturated rings. The Morgan fingerprint density at radius 2 is 2.14 bits per heavy atom. The first-order valence-corrected chi connectivity index (χ1v) is 7.03. The largest absolute Gasteiger partial charge is 0.478 e. The van der Waals surface area contributed by atoms with Gasteiger partial charge in [0.1, 0.15) is 5.00 Å². The summed E-state index contributed by atoms with van der Waals surface area (Å²) in [7, 11) is 0. The van der Waals surface area contributed by atoms with Gasteiger partial charge in [0.15, 0.2) is 0 Å². The number of carbonyl (C=O) groups excluding carboxylic acids is 1. The molecule has 2 rings (SSSR count). The number of aromatic carboxylic acids is 1. The van der Waals surface area contributed by atoms with E-state index in [0.29, 0.717) is 10.6 Å². The van der Waals surface area contributed by atoms with E-state index < -0.39 is 5.97 Å². The Morgan fingerprint density at radius 1 is 1.38 bits per heavy atom. The molecule has 0 aromatic carbocycles. The Bertz CT molecular complexity index is 705. The van der Waals surface area contributed by atoms with Gasteiger partial charge in [-0.25, -0.2) is 4.79 Å². The molecular weight excluding hydrogens is 288 g/mol. The van der Waals surface area contributed by atoms with Crippen molar-refractivity contribution in [2.75, 3.05) is 5.32 Å². The first-order valence-electron chi connectivity index (χ1n) is 6.21. The van der Waals surface area contributed by atoms with Crippen LogP contribution in [-0.2, 0) is 4.79 Å². The van der Waals surface area contributed by atoms with Crippen LogP contribution in [0.4, 0.5) is 5.00 Å². The molecule has 5 nitrogen and oxygen atoms in total. The summed E-state index contributed by atoms with van der Waals surface area (Å²) < 4.78 is 0. The van der Waals surface area contributed by atoms with Crippen molar-refractivity contribution < 1.29 is 14.7 Å². The van der Waals surface area contributed by atoms with Crippen LogP contribution in [0.2, 0.25) is 0 Å². The minimum Gasteiger partial charge on any atom is -0.478 e. The highest BCUT2D eigenvalue weighted by Gasteiger charge is 2.19. The van der Waals surface area contributed by atoms with E-state index in [1.807, 2.05) is 13.0 Å². The van der Waals surface area contributed by atoms with Crippen molar-refractivity contribution in [3.8, 4) is 0 Å². The zero-order chi connectivity index (χ0) is 15.4. The van der Waals surface area contributed by atoms with Gasteiger partial charge in [-0.1, -0.05) is 6.07 Å². The maximum Gasteiger partial charge on any atom is 0.338 e. The number of carbonyl (C=O) groups is 2. The lowest BCUT2D eigenvalue weighted by atomic mass is 10.1. The van der Waals surface area contributed by atoms with Crippen molar-refractivity contribution in [3.63, 3.8) is 0 Å². The summed E-state index contributed by atoms with van der Waals surface area (Å²) in [4.78, 5) is 27.9. The Morgan fingerprint density at radius 3 is 2.76 bits per heavy atom. The fourth-order valence-electron chi connectivity index (χ4n) is 1.77. The van der Waals surface area contributed by atoms with Gasteiger partial charge in [-0.2, -0.15) is 0 Å². The predicted molar refractivity (Wildman–Crippen MR) is 82.7 cm³/mol. The highest BCUT2D eigenvalue weighted by molar-refractivity contribution is 7.16. The fraction of sp³-hybridized carbons (Fsp3) is 0.133. The first kappa shape index (κ1) is 14.9. The van der Waals surface area contributed by atoms with E-state index in [9.17, 15) is 14.7 Å².